The van der Waals surface area contributed by atoms with E-state index in [1.165, 1.54) is 82.2 Å². The molecular weight excluding hydrogens is 1240 g/mol. The third kappa shape index (κ3) is 9.68. The van der Waals surface area contributed by atoms with Crippen LogP contribution in [0.5, 0.6) is 0 Å². The van der Waals surface area contributed by atoms with Crippen LogP contribution >= 0.6 is 0 Å². The van der Waals surface area contributed by atoms with Crippen molar-refractivity contribution in [1.82, 2.24) is 38.2 Å². The Bertz CT molecular complexity index is 6850. The van der Waals surface area contributed by atoms with Crippen LogP contribution in [0, 0.1) is 0 Å². The van der Waals surface area contributed by atoms with Crippen LogP contribution in [0.4, 0.5) is 0 Å². The minimum absolute atomic E-state index is 0.655. The lowest BCUT2D eigenvalue weighted by molar-refractivity contribution is 1.01. The minimum Gasteiger partial charge on any atom is -0.309 e. The quantitative estimate of drug-likeness (QED) is 0.144. The first kappa shape index (κ1) is 58.3. The van der Waals surface area contributed by atoms with E-state index < -0.39 is 0 Å². The second-order valence-electron chi connectivity index (χ2n) is 26.1. The molecule has 0 saturated heterocycles. The van der Waals surface area contributed by atoms with Gasteiger partial charge in [-0.05, 0) is 155 Å². The van der Waals surface area contributed by atoms with Gasteiger partial charge in [0.25, 0.3) is 0 Å². The summed E-state index contributed by atoms with van der Waals surface area (Å²) in [6, 6.07) is 129. The van der Waals surface area contributed by atoms with E-state index in [9.17, 15) is 0 Å². The minimum atomic E-state index is 0.655. The van der Waals surface area contributed by atoms with Crippen LogP contribution < -0.4 is 0 Å². The molecule has 21 rings (SSSR count). The smallest absolute Gasteiger partial charge is 0.235 e. The van der Waals surface area contributed by atoms with Crippen molar-refractivity contribution in [3.8, 4) is 79.0 Å². The molecule has 0 spiro atoms. The van der Waals surface area contributed by atoms with Crippen molar-refractivity contribution in [2.75, 3.05) is 0 Å². The van der Waals surface area contributed by atoms with E-state index in [1.54, 1.807) is 0 Å². The van der Waals surface area contributed by atoms with E-state index >= 15 is 0 Å². The van der Waals surface area contributed by atoms with E-state index in [4.69, 9.17) is 19.9 Å². The molecule has 0 bridgehead atoms. The third-order valence-corrected chi connectivity index (χ3v) is 20.2. The zero-order valence-corrected chi connectivity index (χ0v) is 55.2. The molecule has 8 nitrogen and oxygen atoms in total. The second kappa shape index (κ2) is 24.0. The molecule has 0 radical (unpaired) electrons. The summed E-state index contributed by atoms with van der Waals surface area (Å²) in [5, 5.41) is 10.7. The first-order valence-electron chi connectivity index (χ1n) is 34.6. The molecule has 8 heteroatoms. The molecule has 21 aromatic rings. The predicted molar refractivity (Wildman–Crippen MR) is 424 cm³/mol. The lowest BCUT2D eigenvalue weighted by Gasteiger charge is -2.14. The topological polar surface area (TPSA) is 71.3 Å². The van der Waals surface area contributed by atoms with Gasteiger partial charge < -0.3 is 9.13 Å². The van der Waals surface area contributed by atoms with Gasteiger partial charge >= 0.3 is 0 Å². The molecule has 0 atom stereocenters. The summed E-state index contributed by atoms with van der Waals surface area (Å²) in [5.74, 6) is 1.48. The normalized spacial score (nSPS) is 11.7. The Morgan fingerprint density at radius 2 is 0.471 bits per heavy atom. The van der Waals surface area contributed by atoms with E-state index in [-0.39, 0.29) is 0 Å². The number of para-hydroxylation sites is 8. The predicted octanol–water partition coefficient (Wildman–Crippen LogP) is 24.0. The van der Waals surface area contributed by atoms with Gasteiger partial charge in [-0.15, -0.1) is 0 Å². The molecule has 15 aromatic carbocycles. The monoisotopic (exact) mass is 1300 g/mol. The molecule has 6 heterocycles. The highest BCUT2D eigenvalue weighted by Gasteiger charge is 2.23. The van der Waals surface area contributed by atoms with Crippen LogP contribution in [-0.2, 0) is 0 Å². The maximum absolute atomic E-state index is 5.31. The van der Waals surface area contributed by atoms with Crippen LogP contribution in [0.3, 0.4) is 0 Å². The number of hydrogen-bond donors (Lipinski definition) is 0. The summed E-state index contributed by atoms with van der Waals surface area (Å²) in [7, 11) is 0. The summed E-state index contributed by atoms with van der Waals surface area (Å²) in [6.45, 7) is 0. The molecule has 0 aliphatic rings. The summed E-state index contributed by atoms with van der Waals surface area (Å²) < 4.78 is 9.25. The molecule has 0 aliphatic heterocycles. The fourth-order valence-corrected chi connectivity index (χ4v) is 15.5. The van der Waals surface area contributed by atoms with Gasteiger partial charge in [-0.3, -0.25) is 9.13 Å². The number of aromatic nitrogens is 8. The Hall–Kier alpha value is -13.8. The van der Waals surface area contributed by atoms with Gasteiger partial charge in [0.2, 0.25) is 5.95 Å². The molecule has 0 unspecified atom stereocenters. The lowest BCUT2D eigenvalue weighted by atomic mass is 9.99. The Morgan fingerprint density at radius 1 is 0.167 bits per heavy atom. The standard InChI is InChI=1S/C50H32N4.C44H28N4/c1-4-14-33(15-5-1)35-24-28-47-42(30-35)43-32-37(36-25-27-46-41(31-36)39-20-11-13-23-45(39)53(46)38-18-8-3-9-19-38)26-29-48(43)54(47)50-51-44-22-12-10-21-40(44)49(52-50)34-16-6-2-7-17-34;1-3-13-29(14-4-1)43-44(46-38-20-10-9-19-37(38)45-43)48-40-22-12-8-18-34(40)36-28-31(24-26-42(36)48)30-23-25-41-35(27-30)33-17-7-11-21-39(33)47(41)32-15-5-2-6-16-32/h1-32H;1-28H. The van der Waals surface area contributed by atoms with Crippen molar-refractivity contribution in [3.63, 3.8) is 0 Å². The zero-order chi connectivity index (χ0) is 67.2. The van der Waals surface area contributed by atoms with Crippen molar-refractivity contribution in [2.45, 2.75) is 0 Å². The number of hydrogen-bond acceptors (Lipinski definition) is 4. The van der Waals surface area contributed by atoms with Crippen LogP contribution in [0.25, 0.3) is 188 Å². The van der Waals surface area contributed by atoms with E-state index in [2.05, 4.69) is 340 Å². The van der Waals surface area contributed by atoms with Gasteiger partial charge in [-0.2, -0.15) is 0 Å². The SMILES string of the molecule is c1ccc(-c2ccc3c(c2)c2cc(-c4ccc5c(c4)c4ccccc4n5-c4ccccc4)ccc2n3-c2nc(-c3ccccc3)c3ccccc3n2)cc1.c1ccc(-c2nc3ccccc3nc2-n2c3ccccc3c3cc(-c4ccc5c(c4)c4ccccc4n5-c4ccccc4)ccc32)cc1. The maximum Gasteiger partial charge on any atom is 0.235 e. The molecule has 0 fully saturated rings. The Morgan fingerprint density at radius 3 is 0.922 bits per heavy atom. The Kier molecular flexibility index (Phi) is 13.7. The number of benzene rings is 15. The van der Waals surface area contributed by atoms with Crippen molar-refractivity contribution in [3.05, 3.63) is 364 Å². The molecule has 0 saturated carbocycles. The zero-order valence-electron chi connectivity index (χ0n) is 55.2. The lowest BCUT2D eigenvalue weighted by Crippen LogP contribution is -2.03. The first-order valence-corrected chi connectivity index (χ1v) is 34.6. The van der Waals surface area contributed by atoms with Gasteiger partial charge in [0.1, 0.15) is 5.69 Å². The molecule has 0 aliphatic carbocycles. The molecular formula is C94H60N8. The van der Waals surface area contributed by atoms with E-state index in [0.717, 1.165) is 100 Å². The van der Waals surface area contributed by atoms with Gasteiger partial charge in [-0.1, -0.05) is 243 Å². The highest BCUT2D eigenvalue weighted by atomic mass is 15.2. The van der Waals surface area contributed by atoms with Gasteiger partial charge in [-0.25, -0.2) is 19.9 Å². The molecule has 476 valence electrons. The third-order valence-electron chi connectivity index (χ3n) is 20.2. The highest BCUT2D eigenvalue weighted by Crippen LogP contribution is 2.43. The van der Waals surface area contributed by atoms with Gasteiger partial charge in [0.05, 0.1) is 66.4 Å². The Labute approximate surface area is 586 Å². The largest absolute Gasteiger partial charge is 0.309 e. The van der Waals surface area contributed by atoms with Crippen LogP contribution in [0.15, 0.2) is 364 Å². The summed E-state index contributed by atoms with van der Waals surface area (Å²) in [6.07, 6.45) is 0. The molecule has 6 aromatic heterocycles. The maximum atomic E-state index is 5.31. The second-order valence-corrected chi connectivity index (χ2v) is 26.1. The number of nitrogens with zero attached hydrogens (tertiary/aromatic N) is 8. The summed E-state index contributed by atoms with van der Waals surface area (Å²) >= 11 is 0. The van der Waals surface area contributed by atoms with Crippen LogP contribution in [-0.4, -0.2) is 38.2 Å². The van der Waals surface area contributed by atoms with Crippen LogP contribution in [0.1, 0.15) is 0 Å². The molecule has 0 N–H and O–H groups in total. The van der Waals surface area contributed by atoms with Crippen molar-refractivity contribution in [2.24, 2.45) is 0 Å². The summed E-state index contributed by atoms with van der Waals surface area (Å²) in [4.78, 5) is 21.0. The van der Waals surface area contributed by atoms with Gasteiger partial charge in [0, 0.05) is 71.0 Å². The average Bonchev–Trinajstić information content (AvgIpc) is 1.58. The highest BCUT2D eigenvalue weighted by molar-refractivity contribution is 6.15. The fraction of sp³-hybridized carbons (Fsp3) is 0. The van der Waals surface area contributed by atoms with E-state index in [0.29, 0.717) is 5.95 Å². The number of rotatable bonds is 9. The fourth-order valence-electron chi connectivity index (χ4n) is 15.5. The van der Waals surface area contributed by atoms with Crippen molar-refractivity contribution < 1.29 is 0 Å². The average molecular weight is 1300 g/mol. The van der Waals surface area contributed by atoms with Crippen molar-refractivity contribution in [1.29, 1.82) is 0 Å². The first-order chi connectivity index (χ1) is 50.6. The number of fused-ring (bicyclic) bond motifs is 14. The van der Waals surface area contributed by atoms with E-state index in [1.807, 2.05) is 42.5 Å². The molecule has 0 amide bonds. The summed E-state index contributed by atoms with van der Waals surface area (Å²) in [5.41, 5.74) is 25.1. The molecule has 102 heavy (non-hydrogen) atoms. The van der Waals surface area contributed by atoms with Crippen molar-refractivity contribution >= 4 is 109 Å². The Balaban J connectivity index is 0.000000138. The van der Waals surface area contributed by atoms with Gasteiger partial charge in [0.15, 0.2) is 5.82 Å². The van der Waals surface area contributed by atoms with Crippen LogP contribution in [0.2, 0.25) is 0 Å².